The minimum atomic E-state index is 0.140. The van der Waals surface area contributed by atoms with Gasteiger partial charge in [0.25, 0.3) is 0 Å². The molecule has 5 rings (SSSR count). The van der Waals surface area contributed by atoms with Crippen molar-refractivity contribution in [3.8, 4) is 5.75 Å². The average molecular weight is 358 g/mol. The van der Waals surface area contributed by atoms with Gasteiger partial charge >= 0.3 is 0 Å². The fourth-order valence-electron chi connectivity index (χ4n) is 4.23. The van der Waals surface area contributed by atoms with Gasteiger partial charge in [0.1, 0.15) is 11.6 Å². The van der Waals surface area contributed by atoms with Crippen LogP contribution in [0.1, 0.15) is 28.7 Å². The molecule has 136 valence electrons. The number of fused-ring (bicyclic) bond motifs is 3. The van der Waals surface area contributed by atoms with Gasteiger partial charge in [-0.1, -0.05) is 30.3 Å². The Labute approximate surface area is 158 Å². The first-order valence-electron chi connectivity index (χ1n) is 9.29. The second kappa shape index (κ2) is 6.59. The van der Waals surface area contributed by atoms with E-state index in [0.29, 0.717) is 0 Å². The highest BCUT2D eigenvalue weighted by molar-refractivity contribution is 5.85. The fraction of sp³-hybridized carbons (Fsp3) is 0.227. The first-order chi connectivity index (χ1) is 13.3. The zero-order valence-corrected chi connectivity index (χ0v) is 15.3. The Morgan fingerprint density at radius 3 is 2.96 bits per heavy atom. The van der Waals surface area contributed by atoms with Crippen LogP contribution in [0.15, 0.2) is 60.9 Å². The van der Waals surface area contributed by atoms with E-state index in [-0.39, 0.29) is 6.04 Å². The molecule has 1 aliphatic rings. The van der Waals surface area contributed by atoms with Gasteiger partial charge in [0, 0.05) is 35.5 Å². The van der Waals surface area contributed by atoms with Gasteiger partial charge < -0.3 is 14.7 Å². The van der Waals surface area contributed by atoms with Crippen molar-refractivity contribution in [2.75, 3.05) is 13.7 Å². The minimum Gasteiger partial charge on any atom is -0.497 e. The topological polar surface area (TPSA) is 56.9 Å². The van der Waals surface area contributed by atoms with Gasteiger partial charge in [-0.15, -0.1) is 0 Å². The molecule has 4 aromatic rings. The highest BCUT2D eigenvalue weighted by Crippen LogP contribution is 2.39. The molecule has 0 amide bonds. The molecule has 2 aromatic heterocycles. The molecule has 5 nitrogen and oxygen atoms in total. The number of benzene rings is 2. The molecule has 3 heterocycles. The normalized spacial score (nSPS) is 17.1. The van der Waals surface area contributed by atoms with Crippen molar-refractivity contribution < 1.29 is 4.74 Å². The molecular weight excluding hydrogens is 336 g/mol. The van der Waals surface area contributed by atoms with Crippen molar-refractivity contribution in [2.24, 2.45) is 0 Å². The lowest BCUT2D eigenvalue weighted by Crippen LogP contribution is -2.36. The van der Waals surface area contributed by atoms with Gasteiger partial charge in [-0.2, -0.15) is 0 Å². The molecule has 2 aromatic carbocycles. The molecule has 1 atom stereocenters. The number of nitrogens with zero attached hydrogens (tertiary/aromatic N) is 2. The number of aromatic nitrogens is 3. The van der Waals surface area contributed by atoms with E-state index in [2.05, 4.69) is 62.3 Å². The van der Waals surface area contributed by atoms with Crippen LogP contribution in [0.3, 0.4) is 0 Å². The van der Waals surface area contributed by atoms with E-state index in [1.54, 1.807) is 7.11 Å². The maximum Gasteiger partial charge on any atom is 0.120 e. The first-order valence-corrected chi connectivity index (χ1v) is 9.29. The number of imidazole rings is 1. The molecule has 0 saturated carbocycles. The minimum absolute atomic E-state index is 0.140. The van der Waals surface area contributed by atoms with Crippen LogP contribution in [0, 0.1) is 0 Å². The van der Waals surface area contributed by atoms with Crippen LogP contribution in [-0.2, 0) is 13.0 Å². The van der Waals surface area contributed by atoms with Crippen LogP contribution in [0.25, 0.3) is 10.9 Å². The Morgan fingerprint density at radius 2 is 2.11 bits per heavy atom. The molecule has 0 aliphatic carbocycles. The van der Waals surface area contributed by atoms with Crippen LogP contribution in [0.4, 0.5) is 0 Å². The number of aromatic amines is 2. The van der Waals surface area contributed by atoms with Crippen LogP contribution in [0.2, 0.25) is 0 Å². The molecule has 2 N–H and O–H groups in total. The molecule has 5 heteroatoms. The summed E-state index contributed by atoms with van der Waals surface area (Å²) < 4.78 is 5.49. The van der Waals surface area contributed by atoms with E-state index in [1.807, 2.05) is 18.5 Å². The summed E-state index contributed by atoms with van der Waals surface area (Å²) in [5.41, 5.74) is 5.14. The average Bonchev–Trinajstić information content (AvgIpc) is 3.35. The Bertz CT molecular complexity index is 1070. The van der Waals surface area contributed by atoms with Crippen molar-refractivity contribution in [3.63, 3.8) is 0 Å². The van der Waals surface area contributed by atoms with Crippen LogP contribution in [-0.4, -0.2) is 33.5 Å². The summed E-state index contributed by atoms with van der Waals surface area (Å²) in [7, 11) is 1.72. The number of hydrogen-bond acceptors (Lipinski definition) is 3. The van der Waals surface area contributed by atoms with Crippen LogP contribution < -0.4 is 4.74 Å². The van der Waals surface area contributed by atoms with Gasteiger partial charge in [-0.25, -0.2) is 4.98 Å². The lowest BCUT2D eigenvalue weighted by Gasteiger charge is -2.35. The molecule has 0 unspecified atom stereocenters. The van der Waals surface area contributed by atoms with E-state index in [4.69, 9.17) is 4.74 Å². The number of methoxy groups -OCH3 is 1. The second-order valence-electron chi connectivity index (χ2n) is 7.00. The summed E-state index contributed by atoms with van der Waals surface area (Å²) >= 11 is 0. The third-order valence-electron chi connectivity index (χ3n) is 5.45. The van der Waals surface area contributed by atoms with Gasteiger partial charge in [-0.3, -0.25) is 4.90 Å². The quantitative estimate of drug-likeness (QED) is 0.579. The molecule has 0 radical (unpaired) electrons. The van der Waals surface area contributed by atoms with E-state index in [9.17, 15) is 0 Å². The Balaban J connectivity index is 1.64. The van der Waals surface area contributed by atoms with Gasteiger partial charge in [0.15, 0.2) is 0 Å². The smallest absolute Gasteiger partial charge is 0.120 e. The Kier molecular flexibility index (Phi) is 3.94. The summed E-state index contributed by atoms with van der Waals surface area (Å²) in [6.07, 6.45) is 4.73. The second-order valence-corrected chi connectivity index (χ2v) is 7.00. The predicted molar refractivity (Wildman–Crippen MR) is 106 cm³/mol. The molecule has 0 fully saturated rings. The number of rotatable bonds is 4. The molecule has 27 heavy (non-hydrogen) atoms. The summed E-state index contributed by atoms with van der Waals surface area (Å²) in [5.74, 6) is 1.87. The largest absolute Gasteiger partial charge is 0.497 e. The summed E-state index contributed by atoms with van der Waals surface area (Å²) in [6, 6.07) is 17.1. The molecular formula is C22H22N4O. The fourth-order valence-corrected chi connectivity index (χ4v) is 4.23. The van der Waals surface area contributed by atoms with Crippen molar-refractivity contribution in [1.82, 2.24) is 19.9 Å². The van der Waals surface area contributed by atoms with E-state index in [1.165, 1.54) is 27.7 Å². The van der Waals surface area contributed by atoms with Crippen molar-refractivity contribution in [1.29, 1.82) is 0 Å². The highest BCUT2D eigenvalue weighted by Gasteiger charge is 2.32. The molecule has 0 spiro atoms. The number of H-pyrrole nitrogens is 2. The van der Waals surface area contributed by atoms with Crippen molar-refractivity contribution in [2.45, 2.75) is 19.0 Å². The predicted octanol–water partition coefficient (Wildman–Crippen LogP) is 4.05. The SMILES string of the molecule is COc1cccc([C@@H]2c3[nH]c4ccccc4c3CCN2Cc2ncc[nH]2)c1. The summed E-state index contributed by atoms with van der Waals surface area (Å²) in [5, 5.41) is 1.33. The Morgan fingerprint density at radius 1 is 1.19 bits per heavy atom. The standard InChI is InChI=1S/C22H22N4O/c1-27-16-6-4-5-15(13-16)22-21-18(17-7-2-3-8-19(17)25-21)9-12-26(22)14-20-23-10-11-24-20/h2-8,10-11,13,22,25H,9,12,14H2,1H3,(H,23,24)/t22-/m1/s1. The number of nitrogens with one attached hydrogen (secondary N) is 2. The molecule has 0 saturated heterocycles. The van der Waals surface area contributed by atoms with E-state index < -0.39 is 0 Å². The number of para-hydroxylation sites is 1. The van der Waals surface area contributed by atoms with Gasteiger partial charge in [0.05, 0.1) is 19.7 Å². The number of hydrogen-bond donors (Lipinski definition) is 2. The van der Waals surface area contributed by atoms with Crippen molar-refractivity contribution >= 4 is 10.9 Å². The van der Waals surface area contributed by atoms with Gasteiger partial charge in [0.2, 0.25) is 0 Å². The molecule has 0 bridgehead atoms. The lowest BCUT2D eigenvalue weighted by molar-refractivity contribution is 0.197. The maximum absolute atomic E-state index is 5.49. The Hall–Kier alpha value is -3.05. The first kappa shape index (κ1) is 16.1. The van der Waals surface area contributed by atoms with E-state index in [0.717, 1.165) is 31.1 Å². The van der Waals surface area contributed by atoms with Gasteiger partial charge in [-0.05, 0) is 35.7 Å². The van der Waals surface area contributed by atoms with Crippen LogP contribution >= 0.6 is 0 Å². The monoisotopic (exact) mass is 358 g/mol. The highest BCUT2D eigenvalue weighted by atomic mass is 16.5. The summed E-state index contributed by atoms with van der Waals surface area (Å²) in [4.78, 5) is 13.9. The maximum atomic E-state index is 5.49. The van der Waals surface area contributed by atoms with Crippen LogP contribution in [0.5, 0.6) is 5.75 Å². The lowest BCUT2D eigenvalue weighted by atomic mass is 9.92. The van der Waals surface area contributed by atoms with Crippen molar-refractivity contribution in [3.05, 3.63) is 83.6 Å². The third kappa shape index (κ3) is 2.80. The van der Waals surface area contributed by atoms with E-state index >= 15 is 0 Å². The third-order valence-corrected chi connectivity index (χ3v) is 5.45. The zero-order valence-electron chi connectivity index (χ0n) is 15.3. The zero-order chi connectivity index (χ0) is 18.2. The number of ether oxygens (including phenoxy) is 1. The molecule has 1 aliphatic heterocycles. The summed E-state index contributed by atoms with van der Waals surface area (Å²) in [6.45, 7) is 1.76.